The van der Waals surface area contributed by atoms with Crippen LogP contribution in [0.1, 0.15) is 63.4 Å². The molecule has 0 saturated carbocycles. The first-order valence-electron chi connectivity index (χ1n) is 12.9. The summed E-state index contributed by atoms with van der Waals surface area (Å²) in [6.07, 6.45) is 6.61. The van der Waals surface area contributed by atoms with Gasteiger partial charge in [0.15, 0.2) is 0 Å². The molecule has 4 aromatic rings. The van der Waals surface area contributed by atoms with E-state index in [1.165, 1.54) is 33.8 Å². The van der Waals surface area contributed by atoms with E-state index in [2.05, 4.69) is 22.1 Å². The number of hydrogen-bond acceptors (Lipinski definition) is 4. The van der Waals surface area contributed by atoms with Crippen molar-refractivity contribution in [3.05, 3.63) is 105 Å². The highest BCUT2D eigenvalue weighted by molar-refractivity contribution is 7.15. The third-order valence-electron chi connectivity index (χ3n) is 7.25. The number of hydrogen-bond donors (Lipinski definition) is 1. The predicted octanol–water partition coefficient (Wildman–Crippen LogP) is 7.38. The molecule has 2 aliphatic rings. The molecule has 3 heterocycles. The SMILES string of the molecule is CCOC(=O)c1cccc(NC(=O)N2Cc3c(sc4c3CCCC4)-n3cccc3[C@@H]2c2ccc(Cl)cc2)c1. The number of carbonyl (C=O) groups excluding carboxylic acids is 2. The molecule has 0 radical (unpaired) electrons. The van der Waals surface area contributed by atoms with Crippen LogP contribution in [0.15, 0.2) is 66.9 Å². The molecular weight excluding hydrogens is 518 g/mol. The first-order chi connectivity index (χ1) is 18.5. The maximum Gasteiger partial charge on any atom is 0.338 e. The molecule has 38 heavy (non-hydrogen) atoms. The Labute approximate surface area is 230 Å². The third-order valence-corrected chi connectivity index (χ3v) is 8.84. The smallest absolute Gasteiger partial charge is 0.338 e. The van der Waals surface area contributed by atoms with Crippen molar-refractivity contribution in [2.45, 2.75) is 45.2 Å². The summed E-state index contributed by atoms with van der Waals surface area (Å²) in [5, 5.41) is 4.92. The van der Waals surface area contributed by atoms with E-state index in [1.54, 1.807) is 31.2 Å². The van der Waals surface area contributed by atoms with Crippen molar-refractivity contribution in [2.24, 2.45) is 0 Å². The van der Waals surface area contributed by atoms with Crippen LogP contribution in [-0.2, 0) is 24.1 Å². The number of nitrogens with one attached hydrogen (secondary N) is 1. The van der Waals surface area contributed by atoms with Crippen LogP contribution < -0.4 is 5.32 Å². The van der Waals surface area contributed by atoms with Crippen LogP contribution in [0.25, 0.3) is 5.00 Å². The normalized spacial score (nSPS) is 16.2. The average Bonchev–Trinajstić information content (AvgIpc) is 3.51. The number of anilines is 1. The Balaban J connectivity index is 1.43. The van der Waals surface area contributed by atoms with Crippen molar-refractivity contribution in [1.29, 1.82) is 0 Å². The second-order valence-electron chi connectivity index (χ2n) is 9.61. The van der Waals surface area contributed by atoms with E-state index < -0.39 is 5.97 Å². The zero-order valence-electron chi connectivity index (χ0n) is 21.1. The van der Waals surface area contributed by atoms with Crippen molar-refractivity contribution in [2.75, 3.05) is 11.9 Å². The van der Waals surface area contributed by atoms with E-state index in [1.807, 2.05) is 46.6 Å². The average molecular weight is 546 g/mol. The number of urea groups is 1. The highest BCUT2D eigenvalue weighted by Gasteiger charge is 2.36. The molecule has 6 nitrogen and oxygen atoms in total. The standard InChI is InChI=1S/C30H28ClN3O3S/c1-2-37-29(35)20-7-5-8-22(17-20)32-30(36)34-18-24-23-9-3-4-11-26(23)38-28(24)33-16-6-10-25(33)27(34)19-12-14-21(31)15-13-19/h5-8,10,12-17,27H,2-4,9,11,18H2,1H3,(H,32,36)/t27-/m0/s1. The molecule has 8 heteroatoms. The van der Waals surface area contributed by atoms with Gasteiger partial charge >= 0.3 is 12.0 Å². The van der Waals surface area contributed by atoms with E-state index in [9.17, 15) is 9.59 Å². The quantitative estimate of drug-likeness (QED) is 0.272. The molecule has 2 amide bonds. The molecule has 0 fully saturated rings. The van der Waals surface area contributed by atoms with Gasteiger partial charge in [0.25, 0.3) is 0 Å². The number of fused-ring (bicyclic) bond motifs is 5. The van der Waals surface area contributed by atoms with Crippen LogP contribution >= 0.6 is 22.9 Å². The van der Waals surface area contributed by atoms with E-state index >= 15 is 0 Å². The minimum Gasteiger partial charge on any atom is -0.462 e. The number of rotatable bonds is 4. The van der Waals surface area contributed by atoms with Gasteiger partial charge in [-0.1, -0.05) is 29.8 Å². The molecule has 1 aliphatic carbocycles. The largest absolute Gasteiger partial charge is 0.462 e. The van der Waals surface area contributed by atoms with Crippen molar-refractivity contribution >= 4 is 40.6 Å². The first kappa shape index (κ1) is 24.8. The molecule has 0 saturated heterocycles. The topological polar surface area (TPSA) is 63.6 Å². The van der Waals surface area contributed by atoms with Crippen LogP contribution in [0, 0.1) is 0 Å². The van der Waals surface area contributed by atoms with Crippen molar-refractivity contribution in [3.63, 3.8) is 0 Å². The summed E-state index contributed by atoms with van der Waals surface area (Å²) in [4.78, 5) is 29.7. The van der Waals surface area contributed by atoms with Gasteiger partial charge in [0.2, 0.25) is 0 Å². The molecule has 1 atom stereocenters. The Morgan fingerprint density at radius 1 is 1.05 bits per heavy atom. The lowest BCUT2D eigenvalue weighted by atomic mass is 9.95. The fourth-order valence-electron chi connectivity index (χ4n) is 5.52. The van der Waals surface area contributed by atoms with E-state index in [4.69, 9.17) is 16.3 Å². The molecule has 2 aromatic carbocycles. The number of thiophene rings is 1. The van der Waals surface area contributed by atoms with Gasteiger partial charge in [0, 0.05) is 27.3 Å². The van der Waals surface area contributed by atoms with Crippen molar-refractivity contribution < 1.29 is 14.3 Å². The van der Waals surface area contributed by atoms with Crippen molar-refractivity contribution in [3.8, 4) is 5.00 Å². The highest BCUT2D eigenvalue weighted by atomic mass is 35.5. The molecule has 0 unspecified atom stereocenters. The summed E-state index contributed by atoms with van der Waals surface area (Å²) in [6.45, 7) is 2.55. The molecule has 0 bridgehead atoms. The lowest BCUT2D eigenvalue weighted by Crippen LogP contribution is -2.38. The van der Waals surface area contributed by atoms with E-state index in [0.29, 0.717) is 29.4 Å². The van der Waals surface area contributed by atoms with Crippen LogP contribution in [0.4, 0.5) is 10.5 Å². The minimum absolute atomic E-state index is 0.234. The summed E-state index contributed by atoms with van der Waals surface area (Å²) in [7, 11) is 0. The predicted molar refractivity (Wildman–Crippen MR) is 151 cm³/mol. The van der Waals surface area contributed by atoms with Gasteiger partial charge in [-0.3, -0.25) is 0 Å². The fourth-order valence-corrected chi connectivity index (χ4v) is 7.05. The second kappa shape index (κ2) is 10.3. The number of benzene rings is 2. The Morgan fingerprint density at radius 2 is 1.87 bits per heavy atom. The molecule has 0 spiro atoms. The maximum absolute atomic E-state index is 14.1. The Kier molecular flexibility index (Phi) is 6.72. The Morgan fingerprint density at radius 3 is 2.68 bits per heavy atom. The Hall–Kier alpha value is -3.55. The third kappa shape index (κ3) is 4.50. The zero-order valence-corrected chi connectivity index (χ0v) is 22.6. The van der Waals surface area contributed by atoms with Crippen molar-refractivity contribution in [1.82, 2.24) is 9.47 Å². The van der Waals surface area contributed by atoms with E-state index in [-0.39, 0.29) is 12.1 Å². The van der Waals surface area contributed by atoms with Gasteiger partial charge in [0.1, 0.15) is 5.00 Å². The number of aromatic nitrogens is 1. The second-order valence-corrected chi connectivity index (χ2v) is 11.1. The van der Waals surface area contributed by atoms with E-state index in [0.717, 1.165) is 24.1 Å². The van der Waals surface area contributed by atoms with Gasteiger partial charge in [-0.2, -0.15) is 0 Å². The highest BCUT2D eigenvalue weighted by Crippen LogP contribution is 2.44. The molecule has 6 rings (SSSR count). The number of nitrogens with zero attached hydrogens (tertiary/aromatic N) is 2. The monoisotopic (exact) mass is 545 g/mol. The lowest BCUT2D eigenvalue weighted by Gasteiger charge is -2.31. The number of carbonyl (C=O) groups is 2. The minimum atomic E-state index is -0.412. The van der Waals surface area contributed by atoms with Crippen LogP contribution in [-0.4, -0.2) is 28.1 Å². The van der Waals surface area contributed by atoms with Crippen LogP contribution in [0.2, 0.25) is 5.02 Å². The molecule has 194 valence electrons. The van der Waals surface area contributed by atoms with Crippen LogP contribution in [0.3, 0.4) is 0 Å². The summed E-state index contributed by atoms with van der Waals surface area (Å²) in [5.74, 6) is -0.412. The van der Waals surface area contributed by atoms with Gasteiger partial charge in [-0.15, -0.1) is 11.3 Å². The summed E-state index contributed by atoms with van der Waals surface area (Å²) < 4.78 is 7.40. The zero-order chi connectivity index (χ0) is 26.2. The summed E-state index contributed by atoms with van der Waals surface area (Å²) in [5.41, 5.74) is 5.58. The number of amides is 2. The molecule has 1 aliphatic heterocycles. The summed E-state index contributed by atoms with van der Waals surface area (Å²) in [6, 6.07) is 18.2. The maximum atomic E-state index is 14.1. The summed E-state index contributed by atoms with van der Waals surface area (Å²) >= 11 is 8.09. The first-order valence-corrected chi connectivity index (χ1v) is 14.1. The molecular formula is C30H28ClN3O3S. The molecule has 2 aromatic heterocycles. The lowest BCUT2D eigenvalue weighted by molar-refractivity contribution is 0.0526. The number of esters is 1. The Bertz CT molecular complexity index is 1510. The van der Waals surface area contributed by atoms with Gasteiger partial charge in [0.05, 0.1) is 30.5 Å². The molecule has 1 N–H and O–H groups in total. The van der Waals surface area contributed by atoms with Gasteiger partial charge in [-0.05, 0) is 86.2 Å². The fraction of sp³-hybridized carbons (Fsp3) is 0.267. The van der Waals surface area contributed by atoms with Gasteiger partial charge in [-0.25, -0.2) is 9.59 Å². The number of halogens is 1. The van der Waals surface area contributed by atoms with Gasteiger partial charge < -0.3 is 19.5 Å². The number of ether oxygens (including phenoxy) is 1. The van der Waals surface area contributed by atoms with Crippen LogP contribution in [0.5, 0.6) is 0 Å². The number of aryl methyl sites for hydroxylation is 1.